The molecule has 0 bridgehead atoms. The second-order valence-electron chi connectivity index (χ2n) is 5.93. The van der Waals surface area contributed by atoms with Crippen LogP contribution in [-0.2, 0) is 22.6 Å². The molecule has 9 heteroatoms. The van der Waals surface area contributed by atoms with Crippen molar-refractivity contribution in [1.29, 1.82) is 0 Å². The Bertz CT molecular complexity index is 815. The highest BCUT2D eigenvalue weighted by Crippen LogP contribution is 2.34. The zero-order valence-corrected chi connectivity index (χ0v) is 16.0. The lowest BCUT2D eigenvalue weighted by Crippen LogP contribution is -2.20. The number of benzene rings is 1. The quantitative estimate of drug-likeness (QED) is 0.699. The number of hydrogen-bond donors (Lipinski definition) is 1. The van der Waals surface area contributed by atoms with Crippen LogP contribution in [0.1, 0.15) is 42.8 Å². The van der Waals surface area contributed by atoms with Crippen LogP contribution in [0.25, 0.3) is 0 Å². The maximum absolute atomic E-state index is 12.6. The Morgan fingerprint density at radius 1 is 1.19 bits per heavy atom. The third-order valence-electron chi connectivity index (χ3n) is 3.68. The summed E-state index contributed by atoms with van der Waals surface area (Å²) in [7, 11) is 2.91. The molecule has 1 amide bonds. The third kappa shape index (κ3) is 4.96. The van der Waals surface area contributed by atoms with Crippen molar-refractivity contribution in [3.8, 4) is 11.5 Å². The van der Waals surface area contributed by atoms with E-state index in [0.717, 1.165) is 0 Å². The molecule has 1 N–H and O–H groups in total. The first kappa shape index (κ1) is 20.2. The van der Waals surface area contributed by atoms with Crippen LogP contribution in [0.5, 0.6) is 11.5 Å². The number of carbonyl (C=O) groups excluding carboxylic acids is 2. The monoisotopic (exact) mass is 377 g/mol. The first-order valence-electron chi connectivity index (χ1n) is 8.45. The zero-order valence-electron chi connectivity index (χ0n) is 16.0. The van der Waals surface area contributed by atoms with Gasteiger partial charge in [-0.05, 0) is 0 Å². The molecule has 0 atom stereocenters. The van der Waals surface area contributed by atoms with Gasteiger partial charge in [0.15, 0.2) is 23.9 Å². The van der Waals surface area contributed by atoms with Gasteiger partial charge >= 0.3 is 5.97 Å². The topological polar surface area (TPSA) is 113 Å². The number of carbonyl (C=O) groups is 2. The summed E-state index contributed by atoms with van der Waals surface area (Å²) >= 11 is 0. The van der Waals surface area contributed by atoms with Crippen LogP contribution in [0.15, 0.2) is 16.7 Å². The Morgan fingerprint density at radius 3 is 2.41 bits per heavy atom. The number of hydrogen-bond acceptors (Lipinski definition) is 8. The van der Waals surface area contributed by atoms with Crippen molar-refractivity contribution in [2.75, 3.05) is 19.5 Å². The molecule has 0 saturated heterocycles. The summed E-state index contributed by atoms with van der Waals surface area (Å²) in [5.41, 5.74) is 0.382. The van der Waals surface area contributed by atoms with Crippen LogP contribution in [0.4, 0.5) is 5.69 Å². The van der Waals surface area contributed by atoms with Crippen molar-refractivity contribution < 1.29 is 28.3 Å². The normalized spacial score (nSPS) is 10.6. The molecule has 146 valence electrons. The third-order valence-corrected chi connectivity index (χ3v) is 3.68. The molecule has 0 aliphatic carbocycles. The highest BCUT2D eigenvalue weighted by molar-refractivity contribution is 6.02. The van der Waals surface area contributed by atoms with Gasteiger partial charge in [-0.2, -0.15) is 4.98 Å². The summed E-state index contributed by atoms with van der Waals surface area (Å²) in [5.74, 6) is 0.223. The lowest BCUT2D eigenvalue weighted by Gasteiger charge is -2.15. The van der Waals surface area contributed by atoms with E-state index in [1.54, 1.807) is 13.8 Å². The van der Waals surface area contributed by atoms with Gasteiger partial charge in [-0.15, -0.1) is 0 Å². The molecule has 0 spiro atoms. The second kappa shape index (κ2) is 9.02. The van der Waals surface area contributed by atoms with Gasteiger partial charge in [-0.1, -0.05) is 25.9 Å². The Kier molecular flexibility index (Phi) is 6.75. The fourth-order valence-corrected chi connectivity index (χ4v) is 2.13. The lowest BCUT2D eigenvalue weighted by molar-refractivity contribution is -0.118. The van der Waals surface area contributed by atoms with E-state index < -0.39 is 5.97 Å². The van der Waals surface area contributed by atoms with Crippen LogP contribution in [0, 0.1) is 5.92 Å². The number of aromatic nitrogens is 2. The first-order valence-corrected chi connectivity index (χ1v) is 8.45. The van der Waals surface area contributed by atoms with Gasteiger partial charge in [0.05, 0.1) is 25.5 Å². The minimum Gasteiger partial charge on any atom is -0.493 e. The highest BCUT2D eigenvalue weighted by Gasteiger charge is 2.21. The highest BCUT2D eigenvalue weighted by atomic mass is 16.6. The van der Waals surface area contributed by atoms with Gasteiger partial charge in [-0.25, -0.2) is 4.79 Å². The number of amides is 1. The molecule has 1 aromatic carbocycles. The summed E-state index contributed by atoms with van der Waals surface area (Å²) < 4.78 is 20.7. The van der Waals surface area contributed by atoms with E-state index in [1.807, 2.05) is 6.92 Å². The number of nitrogens with one attached hydrogen (secondary N) is 1. The second-order valence-corrected chi connectivity index (χ2v) is 5.93. The average molecular weight is 377 g/mol. The van der Waals surface area contributed by atoms with E-state index in [0.29, 0.717) is 23.7 Å². The Morgan fingerprint density at radius 2 is 1.85 bits per heavy atom. The molecule has 2 aromatic rings. The van der Waals surface area contributed by atoms with Crippen LogP contribution in [0.2, 0.25) is 0 Å². The molecule has 1 heterocycles. The van der Waals surface area contributed by atoms with Crippen LogP contribution in [-0.4, -0.2) is 36.2 Å². The lowest BCUT2D eigenvalue weighted by atomic mass is 10.1. The molecule has 2 rings (SSSR count). The van der Waals surface area contributed by atoms with Gasteiger partial charge in [0.1, 0.15) is 0 Å². The Labute approximate surface area is 157 Å². The minimum atomic E-state index is -0.675. The summed E-state index contributed by atoms with van der Waals surface area (Å²) in [6, 6.07) is 2.96. The largest absolute Gasteiger partial charge is 0.493 e. The maximum Gasteiger partial charge on any atom is 0.340 e. The number of aryl methyl sites for hydroxylation is 1. The standard InChI is InChI=1S/C18H23N3O6/c1-6-15-20-16(27-21-15)9-26-18(23)11-7-13(24-4)14(25-5)8-12(11)19-17(22)10(2)3/h7-8,10H,6,9H2,1-5H3,(H,19,22). The van der Waals surface area contributed by atoms with Crippen LogP contribution in [0.3, 0.4) is 0 Å². The number of anilines is 1. The molecule has 9 nitrogen and oxygen atoms in total. The number of esters is 1. The van der Waals surface area contributed by atoms with Crippen LogP contribution < -0.4 is 14.8 Å². The van der Waals surface area contributed by atoms with Crippen molar-refractivity contribution >= 4 is 17.6 Å². The van der Waals surface area contributed by atoms with E-state index in [1.165, 1.54) is 26.4 Å². The number of nitrogens with zero attached hydrogens (tertiary/aromatic N) is 2. The molecular formula is C18H23N3O6. The SMILES string of the molecule is CCc1noc(COC(=O)c2cc(OC)c(OC)cc2NC(=O)C(C)C)n1. The molecule has 0 aliphatic rings. The van der Waals surface area contributed by atoms with E-state index in [2.05, 4.69) is 15.5 Å². The van der Waals surface area contributed by atoms with Crippen molar-refractivity contribution in [2.45, 2.75) is 33.8 Å². The molecule has 27 heavy (non-hydrogen) atoms. The molecule has 0 saturated carbocycles. The van der Waals surface area contributed by atoms with Crippen molar-refractivity contribution in [1.82, 2.24) is 10.1 Å². The summed E-state index contributed by atoms with van der Waals surface area (Å²) in [4.78, 5) is 28.7. The average Bonchev–Trinajstić information content (AvgIpc) is 3.13. The van der Waals surface area contributed by atoms with E-state index in [9.17, 15) is 9.59 Å². The Balaban J connectivity index is 2.27. The predicted molar refractivity (Wildman–Crippen MR) is 95.8 cm³/mol. The van der Waals surface area contributed by atoms with Gasteiger partial charge in [0.25, 0.3) is 5.89 Å². The molecule has 1 aromatic heterocycles. The molecule has 0 aliphatic heterocycles. The maximum atomic E-state index is 12.6. The first-order chi connectivity index (χ1) is 12.9. The number of rotatable bonds is 8. The summed E-state index contributed by atoms with van der Waals surface area (Å²) in [6.07, 6.45) is 0.610. The van der Waals surface area contributed by atoms with Gasteiger partial charge < -0.3 is 24.1 Å². The Hall–Kier alpha value is -3.10. The molecule has 0 unspecified atom stereocenters. The number of methoxy groups -OCH3 is 2. The van der Waals surface area contributed by atoms with Gasteiger partial charge in [0.2, 0.25) is 5.91 Å². The van der Waals surface area contributed by atoms with Gasteiger partial charge in [0, 0.05) is 24.5 Å². The smallest absolute Gasteiger partial charge is 0.340 e. The van der Waals surface area contributed by atoms with Crippen molar-refractivity contribution in [3.05, 3.63) is 29.4 Å². The summed E-state index contributed by atoms with van der Waals surface area (Å²) in [6.45, 7) is 5.19. The molecule has 0 fully saturated rings. The number of ether oxygens (including phenoxy) is 3. The zero-order chi connectivity index (χ0) is 20.0. The minimum absolute atomic E-state index is 0.122. The summed E-state index contributed by atoms with van der Waals surface area (Å²) in [5, 5.41) is 6.44. The fraction of sp³-hybridized carbons (Fsp3) is 0.444. The van der Waals surface area contributed by atoms with E-state index in [4.69, 9.17) is 18.7 Å². The van der Waals surface area contributed by atoms with Crippen molar-refractivity contribution in [2.24, 2.45) is 5.92 Å². The van der Waals surface area contributed by atoms with Gasteiger partial charge in [-0.3, -0.25) is 4.79 Å². The van der Waals surface area contributed by atoms with Crippen molar-refractivity contribution in [3.63, 3.8) is 0 Å². The van der Waals surface area contributed by atoms with Crippen LogP contribution >= 0.6 is 0 Å². The van der Waals surface area contributed by atoms with E-state index >= 15 is 0 Å². The van der Waals surface area contributed by atoms with E-state index in [-0.39, 0.29) is 35.6 Å². The fourth-order valence-electron chi connectivity index (χ4n) is 2.13. The molecular weight excluding hydrogens is 354 g/mol. The molecule has 0 radical (unpaired) electrons. The predicted octanol–water partition coefficient (Wildman–Crippen LogP) is 2.60.